The first-order valence-corrected chi connectivity index (χ1v) is 12.4. The van der Waals surface area contributed by atoms with Crippen LogP contribution in [0.4, 0.5) is 25.0 Å². The zero-order valence-electron chi connectivity index (χ0n) is 21.2. The van der Waals surface area contributed by atoms with Gasteiger partial charge in [0, 0.05) is 6.54 Å². The predicted octanol–water partition coefficient (Wildman–Crippen LogP) is 3.61. The van der Waals surface area contributed by atoms with Gasteiger partial charge in [0.05, 0.1) is 24.0 Å². The second-order valence-electron chi connectivity index (χ2n) is 8.33. The summed E-state index contributed by atoms with van der Waals surface area (Å²) in [6.07, 6.45) is 2.97. The zero-order valence-corrected chi connectivity index (χ0v) is 21.2. The SMILES string of the molecule is COC(=O)c1cc(F)c(NCCCNCCCCNCCCN)cc1NC(=O)OCc1cccc(F)c1. The lowest BCUT2D eigenvalue weighted by atomic mass is 10.1. The number of amides is 1. The topological polar surface area (TPSA) is 127 Å². The number of carbonyl (C=O) groups excluding carboxylic acids is 2. The molecule has 6 N–H and O–H groups in total. The van der Waals surface area contributed by atoms with Crippen molar-refractivity contribution < 1.29 is 27.8 Å². The molecule has 0 saturated heterocycles. The number of hydrogen-bond donors (Lipinski definition) is 5. The van der Waals surface area contributed by atoms with E-state index in [0.717, 1.165) is 65.0 Å². The molecule has 204 valence electrons. The molecule has 0 spiro atoms. The van der Waals surface area contributed by atoms with Gasteiger partial charge in [-0.15, -0.1) is 0 Å². The summed E-state index contributed by atoms with van der Waals surface area (Å²) >= 11 is 0. The van der Waals surface area contributed by atoms with E-state index in [1.54, 1.807) is 6.07 Å². The van der Waals surface area contributed by atoms with Crippen molar-refractivity contribution in [3.63, 3.8) is 0 Å². The van der Waals surface area contributed by atoms with Gasteiger partial charge in [0.1, 0.15) is 18.2 Å². The number of hydrogen-bond acceptors (Lipinski definition) is 8. The van der Waals surface area contributed by atoms with Crippen molar-refractivity contribution in [1.29, 1.82) is 0 Å². The van der Waals surface area contributed by atoms with Crippen molar-refractivity contribution in [3.05, 3.63) is 59.2 Å². The molecule has 0 aliphatic carbocycles. The lowest BCUT2D eigenvalue weighted by Crippen LogP contribution is -2.22. The van der Waals surface area contributed by atoms with Crippen LogP contribution in [0.25, 0.3) is 0 Å². The van der Waals surface area contributed by atoms with Crippen LogP contribution in [0.5, 0.6) is 0 Å². The van der Waals surface area contributed by atoms with Gasteiger partial charge in [-0.3, -0.25) is 5.32 Å². The zero-order chi connectivity index (χ0) is 26.9. The fourth-order valence-corrected chi connectivity index (χ4v) is 3.43. The van der Waals surface area contributed by atoms with Gasteiger partial charge in [-0.05, 0) is 88.2 Å². The molecule has 2 aromatic rings. The minimum atomic E-state index is -0.884. The molecule has 0 radical (unpaired) electrons. The Morgan fingerprint density at radius 2 is 1.59 bits per heavy atom. The first-order valence-electron chi connectivity index (χ1n) is 12.4. The normalized spacial score (nSPS) is 10.7. The number of benzene rings is 2. The second kappa shape index (κ2) is 17.2. The maximum atomic E-state index is 14.6. The first kappa shape index (κ1) is 29.9. The molecule has 2 aromatic carbocycles. The molecule has 11 heteroatoms. The number of rotatable bonds is 17. The third kappa shape index (κ3) is 11.5. The third-order valence-electron chi connectivity index (χ3n) is 5.37. The van der Waals surface area contributed by atoms with E-state index in [1.165, 1.54) is 24.3 Å². The van der Waals surface area contributed by atoms with E-state index in [0.29, 0.717) is 18.7 Å². The molecule has 0 aromatic heterocycles. The second-order valence-corrected chi connectivity index (χ2v) is 8.33. The summed E-state index contributed by atoms with van der Waals surface area (Å²) in [4.78, 5) is 24.4. The lowest BCUT2D eigenvalue weighted by molar-refractivity contribution is 0.0601. The molecule has 0 fully saturated rings. The van der Waals surface area contributed by atoms with E-state index in [1.807, 2.05) is 0 Å². The smallest absolute Gasteiger partial charge is 0.411 e. The number of methoxy groups -OCH3 is 1. The van der Waals surface area contributed by atoms with E-state index < -0.39 is 23.7 Å². The van der Waals surface area contributed by atoms with Gasteiger partial charge in [0.2, 0.25) is 0 Å². The monoisotopic (exact) mass is 521 g/mol. The van der Waals surface area contributed by atoms with Gasteiger partial charge in [-0.25, -0.2) is 18.4 Å². The van der Waals surface area contributed by atoms with Crippen molar-refractivity contribution in [2.24, 2.45) is 5.73 Å². The summed E-state index contributed by atoms with van der Waals surface area (Å²) in [5, 5.41) is 12.1. The number of nitrogens with one attached hydrogen (secondary N) is 4. The fourth-order valence-electron chi connectivity index (χ4n) is 3.43. The number of esters is 1. The van der Waals surface area contributed by atoms with Gasteiger partial charge in [0.15, 0.2) is 0 Å². The van der Waals surface area contributed by atoms with E-state index >= 15 is 0 Å². The van der Waals surface area contributed by atoms with Crippen LogP contribution in [0.3, 0.4) is 0 Å². The molecule has 0 aliphatic rings. The summed E-state index contributed by atoms with van der Waals surface area (Å²) in [7, 11) is 1.16. The van der Waals surface area contributed by atoms with Crippen LogP contribution in [0.15, 0.2) is 36.4 Å². The molecule has 0 aliphatic heterocycles. The van der Waals surface area contributed by atoms with Gasteiger partial charge >= 0.3 is 12.1 Å². The average molecular weight is 522 g/mol. The van der Waals surface area contributed by atoms with Crippen molar-refractivity contribution in [2.45, 2.75) is 32.3 Å². The molecule has 9 nitrogen and oxygen atoms in total. The van der Waals surface area contributed by atoms with Crippen molar-refractivity contribution >= 4 is 23.4 Å². The first-order chi connectivity index (χ1) is 17.9. The Morgan fingerprint density at radius 3 is 2.27 bits per heavy atom. The molecule has 0 heterocycles. The number of anilines is 2. The van der Waals surface area contributed by atoms with E-state index in [9.17, 15) is 18.4 Å². The summed E-state index contributed by atoms with van der Waals surface area (Å²) in [5.74, 6) is -1.93. The van der Waals surface area contributed by atoms with Gasteiger partial charge < -0.3 is 31.2 Å². The molecule has 1 amide bonds. The Labute approximate surface area is 216 Å². The third-order valence-corrected chi connectivity index (χ3v) is 5.37. The Bertz CT molecular complexity index is 993. The van der Waals surface area contributed by atoms with Crippen LogP contribution >= 0.6 is 0 Å². The molecular formula is C26H37F2N5O4. The summed E-state index contributed by atoms with van der Waals surface area (Å²) in [6.45, 7) is 4.57. The molecule has 37 heavy (non-hydrogen) atoms. The maximum Gasteiger partial charge on any atom is 0.411 e. The van der Waals surface area contributed by atoms with Crippen molar-refractivity contribution in [3.8, 4) is 0 Å². The number of ether oxygens (including phenoxy) is 2. The van der Waals surface area contributed by atoms with Crippen LogP contribution in [0.1, 0.15) is 41.6 Å². The molecule has 0 atom stereocenters. The predicted molar refractivity (Wildman–Crippen MR) is 140 cm³/mol. The molecule has 0 bridgehead atoms. The van der Waals surface area contributed by atoms with E-state index in [2.05, 4.69) is 21.3 Å². The highest BCUT2D eigenvalue weighted by Gasteiger charge is 2.19. The van der Waals surface area contributed by atoms with Gasteiger partial charge in [0.25, 0.3) is 0 Å². The quantitative estimate of drug-likeness (QED) is 0.158. The van der Waals surface area contributed by atoms with Crippen LogP contribution < -0.4 is 27.0 Å². The molecule has 2 rings (SSSR count). The van der Waals surface area contributed by atoms with Crippen LogP contribution in [0, 0.1) is 11.6 Å². The molecular weight excluding hydrogens is 484 g/mol. The van der Waals surface area contributed by atoms with Gasteiger partial charge in [-0.1, -0.05) is 12.1 Å². The Balaban J connectivity index is 1.82. The van der Waals surface area contributed by atoms with Crippen molar-refractivity contribution in [2.75, 3.05) is 57.0 Å². The van der Waals surface area contributed by atoms with E-state index in [-0.39, 0.29) is 23.5 Å². The minimum Gasteiger partial charge on any atom is -0.465 e. The van der Waals surface area contributed by atoms with Crippen molar-refractivity contribution in [1.82, 2.24) is 10.6 Å². The summed E-state index contributed by atoms with van der Waals surface area (Å²) < 4.78 is 37.7. The number of carbonyl (C=O) groups is 2. The largest absolute Gasteiger partial charge is 0.465 e. The molecule has 0 unspecified atom stereocenters. The number of nitrogens with two attached hydrogens (primary N) is 1. The maximum absolute atomic E-state index is 14.6. The van der Waals surface area contributed by atoms with E-state index in [4.69, 9.17) is 15.2 Å². The number of unbranched alkanes of at least 4 members (excludes halogenated alkanes) is 1. The van der Waals surface area contributed by atoms with Crippen LogP contribution in [-0.2, 0) is 16.1 Å². The lowest BCUT2D eigenvalue weighted by Gasteiger charge is -2.14. The highest BCUT2D eigenvalue weighted by molar-refractivity contribution is 6.00. The minimum absolute atomic E-state index is 0.0261. The fraction of sp³-hybridized carbons (Fsp3) is 0.462. The Morgan fingerprint density at radius 1 is 0.892 bits per heavy atom. The highest BCUT2D eigenvalue weighted by Crippen LogP contribution is 2.26. The highest BCUT2D eigenvalue weighted by atomic mass is 19.1. The number of halogens is 2. The Kier molecular flexibility index (Phi) is 13.9. The summed E-state index contributed by atoms with van der Waals surface area (Å²) in [5.41, 5.74) is 5.90. The standard InChI is InChI=1S/C26H37F2N5O4/c1-36-25(34)21-16-22(28)24(32-14-6-13-31-11-3-2-10-30-12-5-9-29)17-23(21)33-26(35)37-18-19-7-4-8-20(27)15-19/h4,7-8,15-17,30-32H,2-3,5-6,9-14,18,29H2,1H3,(H,33,35). The van der Waals surface area contributed by atoms with Gasteiger partial charge in [-0.2, -0.15) is 0 Å². The molecule has 0 saturated carbocycles. The Hall–Kier alpha value is -3.28. The van der Waals surface area contributed by atoms with Crippen LogP contribution in [0.2, 0.25) is 0 Å². The average Bonchev–Trinajstić information content (AvgIpc) is 2.89. The van der Waals surface area contributed by atoms with Crippen LogP contribution in [-0.4, -0.2) is 58.4 Å². The summed E-state index contributed by atoms with van der Waals surface area (Å²) in [6, 6.07) is 7.93.